The molecule has 0 spiro atoms. The molecule has 0 fully saturated rings. The second-order valence-electron chi connectivity index (χ2n) is 2.78. The Balaban J connectivity index is 4.78. The summed E-state index contributed by atoms with van der Waals surface area (Å²) in [7, 11) is 0.947. The van der Waals surface area contributed by atoms with E-state index in [2.05, 4.69) is 9.47 Å². The lowest BCUT2D eigenvalue weighted by atomic mass is 10.3. The summed E-state index contributed by atoms with van der Waals surface area (Å²) in [5, 5.41) is 0. The average molecular weight is 254 g/mol. The fourth-order valence-corrected chi connectivity index (χ4v) is 0.627. The molecular weight excluding hydrogens is 246 g/mol. The maximum absolute atomic E-state index is 11.9. The Kier molecular flexibility index (Phi) is 4.59. The number of ether oxygens (including phenoxy) is 2. The van der Waals surface area contributed by atoms with Crippen molar-refractivity contribution in [3.8, 4) is 0 Å². The molecule has 1 unspecified atom stereocenters. The van der Waals surface area contributed by atoms with Gasteiger partial charge in [-0.15, -0.1) is 0 Å². The third-order valence-electron chi connectivity index (χ3n) is 1.51. The summed E-state index contributed by atoms with van der Waals surface area (Å²) >= 11 is 0. The Hall–Kier alpha value is -0.990. The van der Waals surface area contributed by atoms with E-state index < -0.39 is 30.5 Å². The predicted octanol–water partition coefficient (Wildman–Crippen LogP) is 2.06. The van der Waals surface area contributed by atoms with Gasteiger partial charge in [0.15, 0.2) is 6.10 Å². The first-order valence-electron chi connectivity index (χ1n) is 3.87. The highest BCUT2D eigenvalue weighted by atomic mass is 19.4. The monoisotopic (exact) mass is 254 g/mol. The van der Waals surface area contributed by atoms with Crippen LogP contribution in [-0.4, -0.2) is 37.6 Å². The van der Waals surface area contributed by atoms with Gasteiger partial charge in [0, 0.05) is 7.11 Å². The molecule has 0 aliphatic heterocycles. The van der Waals surface area contributed by atoms with E-state index in [1.165, 1.54) is 0 Å². The summed E-state index contributed by atoms with van der Waals surface area (Å²) < 4.78 is 79.0. The van der Waals surface area contributed by atoms with Gasteiger partial charge >= 0.3 is 18.3 Å². The van der Waals surface area contributed by atoms with Crippen molar-refractivity contribution in [1.29, 1.82) is 0 Å². The Morgan fingerprint density at radius 3 is 1.69 bits per heavy atom. The SMILES string of the molecule is COC(C)C(=O)OC(C(F)(F)F)C(F)(F)F. The molecule has 0 N–H and O–H groups in total. The van der Waals surface area contributed by atoms with Crippen molar-refractivity contribution in [2.24, 2.45) is 0 Å². The van der Waals surface area contributed by atoms with Gasteiger partial charge in [-0.05, 0) is 6.92 Å². The molecule has 0 saturated heterocycles. The maximum Gasteiger partial charge on any atom is 0.434 e. The molecule has 0 saturated carbocycles. The van der Waals surface area contributed by atoms with Gasteiger partial charge in [0.2, 0.25) is 0 Å². The number of hydrogen-bond acceptors (Lipinski definition) is 3. The van der Waals surface area contributed by atoms with Crippen LogP contribution in [0.5, 0.6) is 0 Å². The van der Waals surface area contributed by atoms with Crippen LogP contribution < -0.4 is 0 Å². The maximum atomic E-state index is 11.9. The summed E-state index contributed by atoms with van der Waals surface area (Å²) in [5.41, 5.74) is 0. The number of halogens is 6. The molecule has 0 rings (SSSR count). The van der Waals surface area contributed by atoms with E-state index in [1.807, 2.05) is 0 Å². The van der Waals surface area contributed by atoms with Crippen molar-refractivity contribution < 1.29 is 40.6 Å². The van der Waals surface area contributed by atoms with Gasteiger partial charge in [-0.1, -0.05) is 0 Å². The van der Waals surface area contributed by atoms with E-state index in [0.717, 1.165) is 14.0 Å². The zero-order valence-corrected chi connectivity index (χ0v) is 8.15. The Morgan fingerprint density at radius 2 is 1.44 bits per heavy atom. The van der Waals surface area contributed by atoms with Crippen LogP contribution in [0.15, 0.2) is 0 Å². The molecule has 0 bridgehead atoms. The van der Waals surface area contributed by atoms with Crippen molar-refractivity contribution in [1.82, 2.24) is 0 Å². The molecule has 0 aliphatic rings. The summed E-state index contributed by atoms with van der Waals surface area (Å²) in [5.74, 6) is -1.73. The summed E-state index contributed by atoms with van der Waals surface area (Å²) in [4.78, 5) is 10.7. The number of hydrogen-bond donors (Lipinski definition) is 0. The summed E-state index contributed by atoms with van der Waals surface area (Å²) in [6, 6.07) is 0. The van der Waals surface area contributed by atoms with Gasteiger partial charge in [0.05, 0.1) is 0 Å². The van der Waals surface area contributed by atoms with Crippen LogP contribution in [0, 0.1) is 0 Å². The van der Waals surface area contributed by atoms with Crippen molar-refractivity contribution in [2.75, 3.05) is 7.11 Å². The van der Waals surface area contributed by atoms with Crippen LogP contribution in [0.2, 0.25) is 0 Å². The Morgan fingerprint density at radius 1 is 1.06 bits per heavy atom. The Bertz CT molecular complexity index is 231. The molecule has 0 amide bonds. The Labute approximate surface area is 86.3 Å². The number of rotatable bonds is 3. The van der Waals surface area contributed by atoms with Crippen molar-refractivity contribution in [2.45, 2.75) is 31.5 Å². The average Bonchev–Trinajstić information content (AvgIpc) is 2.08. The van der Waals surface area contributed by atoms with Crippen LogP contribution in [0.3, 0.4) is 0 Å². The first-order chi connectivity index (χ1) is 7.00. The van der Waals surface area contributed by atoms with Crippen LogP contribution >= 0.6 is 0 Å². The lowest BCUT2D eigenvalue weighted by Crippen LogP contribution is -2.47. The lowest BCUT2D eigenvalue weighted by molar-refractivity contribution is -0.315. The highest BCUT2D eigenvalue weighted by molar-refractivity contribution is 5.74. The van der Waals surface area contributed by atoms with E-state index in [4.69, 9.17) is 0 Å². The molecule has 0 aromatic heterocycles. The quantitative estimate of drug-likeness (QED) is 0.571. The van der Waals surface area contributed by atoms with Gasteiger partial charge in [0.1, 0.15) is 0 Å². The lowest BCUT2D eigenvalue weighted by Gasteiger charge is -2.23. The van der Waals surface area contributed by atoms with E-state index >= 15 is 0 Å². The first kappa shape index (κ1) is 15.0. The third-order valence-corrected chi connectivity index (χ3v) is 1.51. The molecule has 0 aromatic rings. The third kappa shape index (κ3) is 4.25. The number of esters is 1. The second kappa shape index (κ2) is 4.89. The van der Waals surface area contributed by atoms with Gasteiger partial charge in [-0.25, -0.2) is 4.79 Å². The zero-order valence-electron chi connectivity index (χ0n) is 8.15. The molecule has 0 aliphatic carbocycles. The highest BCUT2D eigenvalue weighted by Gasteiger charge is 2.60. The predicted molar refractivity (Wildman–Crippen MR) is 38.5 cm³/mol. The van der Waals surface area contributed by atoms with E-state index in [-0.39, 0.29) is 0 Å². The van der Waals surface area contributed by atoms with Crippen LogP contribution in [0.25, 0.3) is 0 Å². The van der Waals surface area contributed by atoms with E-state index in [9.17, 15) is 31.1 Å². The molecule has 0 heterocycles. The molecule has 96 valence electrons. The van der Waals surface area contributed by atoms with Gasteiger partial charge in [-0.3, -0.25) is 0 Å². The minimum Gasteiger partial charge on any atom is -0.441 e. The fourth-order valence-electron chi connectivity index (χ4n) is 0.627. The van der Waals surface area contributed by atoms with E-state index in [0.29, 0.717) is 0 Å². The molecule has 0 aromatic carbocycles. The van der Waals surface area contributed by atoms with Crippen molar-refractivity contribution >= 4 is 5.97 Å². The van der Waals surface area contributed by atoms with Gasteiger partial charge < -0.3 is 9.47 Å². The van der Waals surface area contributed by atoms with Crippen molar-refractivity contribution in [3.05, 3.63) is 0 Å². The summed E-state index contributed by atoms with van der Waals surface area (Å²) in [6.45, 7) is 0.964. The number of methoxy groups -OCH3 is 1. The highest BCUT2D eigenvalue weighted by Crippen LogP contribution is 2.35. The topological polar surface area (TPSA) is 35.5 Å². The molecular formula is C7H8F6O3. The van der Waals surface area contributed by atoms with Crippen LogP contribution in [-0.2, 0) is 14.3 Å². The molecule has 1 atom stereocenters. The van der Waals surface area contributed by atoms with Crippen molar-refractivity contribution in [3.63, 3.8) is 0 Å². The van der Waals surface area contributed by atoms with Gasteiger partial charge in [-0.2, -0.15) is 26.3 Å². The minimum absolute atomic E-state index is 0.947. The number of carbonyl (C=O) groups excluding carboxylic acids is 1. The molecule has 16 heavy (non-hydrogen) atoms. The normalized spacial score (nSPS) is 15.1. The zero-order chi connectivity index (χ0) is 13.1. The molecule has 9 heteroatoms. The smallest absolute Gasteiger partial charge is 0.434 e. The van der Waals surface area contributed by atoms with Crippen LogP contribution in [0.4, 0.5) is 26.3 Å². The van der Waals surface area contributed by atoms with Crippen LogP contribution in [0.1, 0.15) is 6.92 Å². The largest absolute Gasteiger partial charge is 0.441 e. The fraction of sp³-hybridized carbons (Fsp3) is 0.857. The standard InChI is InChI=1S/C7H8F6O3/c1-3(15-2)4(14)16-5(6(8,9)10)7(11,12)13/h3,5H,1-2H3. The first-order valence-corrected chi connectivity index (χ1v) is 3.87. The van der Waals surface area contributed by atoms with E-state index in [1.54, 1.807) is 0 Å². The molecule has 3 nitrogen and oxygen atoms in total. The number of alkyl halides is 6. The molecule has 0 radical (unpaired) electrons. The minimum atomic E-state index is -5.71. The summed E-state index contributed by atoms with van der Waals surface area (Å²) in [6.07, 6.45) is -17.1. The second-order valence-corrected chi connectivity index (χ2v) is 2.78. The van der Waals surface area contributed by atoms with Gasteiger partial charge in [0.25, 0.3) is 6.10 Å². The number of carbonyl (C=O) groups is 1.